The molecule has 1 unspecified atom stereocenters. The minimum absolute atomic E-state index is 0.115. The number of piperazine rings is 1. The summed E-state index contributed by atoms with van der Waals surface area (Å²) in [6.07, 6.45) is 1.21. The first-order valence-corrected chi connectivity index (χ1v) is 11.2. The third-order valence-electron chi connectivity index (χ3n) is 5.58. The lowest BCUT2D eigenvalue weighted by molar-refractivity contribution is -0.143. The van der Waals surface area contributed by atoms with Crippen LogP contribution >= 0.6 is 0 Å². The molecule has 168 valence electrons. The predicted octanol–water partition coefficient (Wildman–Crippen LogP) is 3.89. The average Bonchev–Trinajstić information content (AvgIpc) is 2.80. The summed E-state index contributed by atoms with van der Waals surface area (Å²) in [5.41, 5.74) is 2.03. The van der Waals surface area contributed by atoms with Crippen molar-refractivity contribution in [3.05, 3.63) is 71.5 Å². The molecule has 0 bridgehead atoms. The van der Waals surface area contributed by atoms with Crippen LogP contribution in [0.25, 0.3) is 0 Å². The molecular weight excluding hydrogens is 395 g/mol. The van der Waals surface area contributed by atoms with Crippen molar-refractivity contribution in [3.63, 3.8) is 0 Å². The van der Waals surface area contributed by atoms with E-state index in [1.54, 1.807) is 12.1 Å². The van der Waals surface area contributed by atoms with E-state index in [-0.39, 0.29) is 17.9 Å². The molecule has 0 saturated carbocycles. The summed E-state index contributed by atoms with van der Waals surface area (Å²) in [4.78, 5) is 16.3. The summed E-state index contributed by atoms with van der Waals surface area (Å²) in [5, 5.41) is 0. The molecule has 0 aliphatic carbocycles. The zero-order valence-corrected chi connectivity index (χ0v) is 18.3. The Labute approximate surface area is 184 Å². The van der Waals surface area contributed by atoms with E-state index in [9.17, 15) is 9.18 Å². The Hall–Kier alpha value is -2.28. The molecule has 3 rings (SSSR count). The maximum absolute atomic E-state index is 13.3. The van der Waals surface area contributed by atoms with Gasteiger partial charge in [-0.1, -0.05) is 42.5 Å². The van der Waals surface area contributed by atoms with Gasteiger partial charge in [0.25, 0.3) is 0 Å². The van der Waals surface area contributed by atoms with E-state index in [0.29, 0.717) is 19.6 Å². The van der Waals surface area contributed by atoms with Crippen molar-refractivity contribution in [2.24, 2.45) is 0 Å². The minimum Gasteiger partial charge on any atom is -0.466 e. The van der Waals surface area contributed by atoms with Gasteiger partial charge < -0.3 is 19.3 Å². The highest BCUT2D eigenvalue weighted by Crippen LogP contribution is 2.26. The van der Waals surface area contributed by atoms with Crippen LogP contribution in [-0.2, 0) is 14.3 Å². The number of carbonyl (C=O) groups excluding carboxylic acids is 1. The van der Waals surface area contributed by atoms with E-state index in [1.807, 2.05) is 37.3 Å². The van der Waals surface area contributed by atoms with E-state index >= 15 is 0 Å². The van der Waals surface area contributed by atoms with Crippen LogP contribution in [0.2, 0.25) is 0 Å². The summed E-state index contributed by atoms with van der Waals surface area (Å²) in [5.74, 6) is -0.354. The number of nitrogens with zero attached hydrogens (tertiary/aromatic N) is 2. The monoisotopic (exact) mass is 428 g/mol. The molecule has 0 amide bonds. The number of esters is 1. The van der Waals surface area contributed by atoms with Crippen molar-refractivity contribution < 1.29 is 18.7 Å². The van der Waals surface area contributed by atoms with Crippen molar-refractivity contribution >= 4 is 5.97 Å². The average molecular weight is 429 g/mol. The van der Waals surface area contributed by atoms with Crippen molar-refractivity contribution in [3.8, 4) is 0 Å². The van der Waals surface area contributed by atoms with E-state index in [2.05, 4.69) is 9.80 Å². The van der Waals surface area contributed by atoms with Crippen LogP contribution in [0.1, 0.15) is 37.0 Å². The molecule has 1 atom stereocenters. The van der Waals surface area contributed by atoms with E-state index in [1.165, 1.54) is 12.1 Å². The second-order valence-corrected chi connectivity index (χ2v) is 7.80. The van der Waals surface area contributed by atoms with Gasteiger partial charge in [0.15, 0.2) is 0 Å². The first-order chi connectivity index (χ1) is 15.2. The maximum atomic E-state index is 13.3. The highest BCUT2D eigenvalue weighted by atomic mass is 19.1. The lowest BCUT2D eigenvalue weighted by Crippen LogP contribution is -2.47. The number of carbonyl (C=O) groups is 1. The van der Waals surface area contributed by atoms with Crippen LogP contribution in [0.5, 0.6) is 0 Å². The predicted molar refractivity (Wildman–Crippen MR) is 119 cm³/mol. The van der Waals surface area contributed by atoms with Crippen LogP contribution in [0.15, 0.2) is 54.6 Å². The maximum Gasteiger partial charge on any atom is 0.307 e. The smallest absolute Gasteiger partial charge is 0.307 e. The fraction of sp³-hybridized carbons (Fsp3) is 0.480. The molecule has 0 N–H and O–H groups in total. The molecule has 1 heterocycles. The quantitative estimate of drug-likeness (QED) is 0.401. The molecule has 5 nitrogen and oxygen atoms in total. The summed E-state index contributed by atoms with van der Waals surface area (Å²) in [6, 6.07) is 16.6. The van der Waals surface area contributed by atoms with Gasteiger partial charge in [-0.05, 0) is 36.6 Å². The van der Waals surface area contributed by atoms with Crippen molar-refractivity contribution in [1.82, 2.24) is 9.80 Å². The SMILES string of the molecule is CCOC(=O)CCN1CCN(CCCOC(c2ccccc2)c2ccc(F)cc2)CC1. The molecule has 31 heavy (non-hydrogen) atoms. The lowest BCUT2D eigenvalue weighted by Gasteiger charge is -2.34. The molecule has 2 aromatic carbocycles. The summed E-state index contributed by atoms with van der Waals surface area (Å²) >= 11 is 0. The van der Waals surface area contributed by atoms with Crippen molar-refractivity contribution in [1.29, 1.82) is 0 Å². The summed E-state index contributed by atoms with van der Waals surface area (Å²) < 4.78 is 24.6. The summed E-state index contributed by atoms with van der Waals surface area (Å²) in [7, 11) is 0. The third-order valence-corrected chi connectivity index (χ3v) is 5.58. The zero-order valence-electron chi connectivity index (χ0n) is 18.3. The molecule has 1 aliphatic rings. The van der Waals surface area contributed by atoms with Crippen LogP contribution in [-0.4, -0.2) is 68.3 Å². The van der Waals surface area contributed by atoms with E-state index in [4.69, 9.17) is 9.47 Å². The van der Waals surface area contributed by atoms with E-state index in [0.717, 1.165) is 56.8 Å². The van der Waals surface area contributed by atoms with Gasteiger partial charge in [0.1, 0.15) is 11.9 Å². The van der Waals surface area contributed by atoms with Crippen LogP contribution in [0, 0.1) is 5.82 Å². The van der Waals surface area contributed by atoms with Gasteiger partial charge in [0.05, 0.1) is 13.0 Å². The van der Waals surface area contributed by atoms with Crippen molar-refractivity contribution in [2.75, 3.05) is 52.5 Å². The van der Waals surface area contributed by atoms with Gasteiger partial charge in [0, 0.05) is 45.9 Å². The molecule has 0 radical (unpaired) electrons. The third kappa shape index (κ3) is 7.73. The molecule has 2 aromatic rings. The van der Waals surface area contributed by atoms with Crippen molar-refractivity contribution in [2.45, 2.75) is 25.9 Å². The van der Waals surface area contributed by atoms with Gasteiger partial charge in [-0.2, -0.15) is 0 Å². The van der Waals surface area contributed by atoms with Gasteiger partial charge in [-0.3, -0.25) is 4.79 Å². The normalized spacial score (nSPS) is 16.2. The Morgan fingerprint density at radius 2 is 1.55 bits per heavy atom. The van der Waals surface area contributed by atoms with Crippen LogP contribution in [0.4, 0.5) is 4.39 Å². The second-order valence-electron chi connectivity index (χ2n) is 7.80. The minimum atomic E-state index is -0.239. The molecule has 0 aromatic heterocycles. The first-order valence-electron chi connectivity index (χ1n) is 11.2. The Morgan fingerprint density at radius 1 is 0.935 bits per heavy atom. The van der Waals surface area contributed by atoms with Gasteiger partial charge in [-0.15, -0.1) is 0 Å². The topological polar surface area (TPSA) is 42.0 Å². The summed E-state index contributed by atoms with van der Waals surface area (Å²) in [6.45, 7) is 8.63. The Morgan fingerprint density at radius 3 is 2.19 bits per heavy atom. The van der Waals surface area contributed by atoms with Gasteiger partial charge in [0.2, 0.25) is 0 Å². The van der Waals surface area contributed by atoms with E-state index < -0.39 is 0 Å². The second kappa shape index (κ2) is 12.5. The largest absolute Gasteiger partial charge is 0.466 e. The van der Waals surface area contributed by atoms with Gasteiger partial charge in [-0.25, -0.2) is 4.39 Å². The molecule has 0 spiro atoms. The molecular formula is C25H33FN2O3. The molecule has 1 aliphatic heterocycles. The fourth-order valence-corrected chi connectivity index (χ4v) is 3.86. The first kappa shape index (κ1) is 23.4. The van der Waals surface area contributed by atoms with Crippen LogP contribution < -0.4 is 0 Å². The fourth-order valence-electron chi connectivity index (χ4n) is 3.86. The lowest BCUT2D eigenvalue weighted by atomic mass is 10.0. The molecule has 1 fully saturated rings. The Kier molecular flexibility index (Phi) is 9.46. The highest BCUT2D eigenvalue weighted by molar-refractivity contribution is 5.69. The number of halogens is 1. The zero-order chi connectivity index (χ0) is 21.9. The number of benzene rings is 2. The number of ether oxygens (including phenoxy) is 2. The molecule has 1 saturated heterocycles. The van der Waals surface area contributed by atoms with Gasteiger partial charge >= 0.3 is 5.97 Å². The van der Waals surface area contributed by atoms with Crippen LogP contribution in [0.3, 0.4) is 0 Å². The molecule has 6 heteroatoms. The number of hydrogen-bond donors (Lipinski definition) is 0. The Bertz CT molecular complexity index is 777. The Balaban J connectivity index is 1.40. The number of rotatable bonds is 11. The standard InChI is InChI=1S/C25H33FN2O3/c1-2-30-24(29)13-15-28-18-16-27(17-19-28)14-6-20-31-25(21-7-4-3-5-8-21)22-9-11-23(26)12-10-22/h3-5,7-12,25H,2,6,13-20H2,1H3. The number of hydrogen-bond acceptors (Lipinski definition) is 5. The highest BCUT2D eigenvalue weighted by Gasteiger charge is 2.18.